The quantitative estimate of drug-likeness (QED) is 0.592. The fourth-order valence-electron chi connectivity index (χ4n) is 2.77. The number of nitrogens with one attached hydrogen (secondary N) is 1. The monoisotopic (exact) mass is 346 g/mol. The third-order valence-electron chi connectivity index (χ3n) is 4.25. The molecule has 4 rings (SSSR count). The van der Waals surface area contributed by atoms with Gasteiger partial charge in [-0.3, -0.25) is 5.10 Å². The number of hydrogen-bond donors (Lipinski definition) is 1. The summed E-state index contributed by atoms with van der Waals surface area (Å²) in [5.74, 6) is 1.70. The minimum atomic E-state index is 0.403. The lowest BCUT2D eigenvalue weighted by atomic mass is 10.0. The molecule has 0 saturated heterocycles. The van der Waals surface area contributed by atoms with Crippen molar-refractivity contribution in [2.75, 3.05) is 7.11 Å². The van der Waals surface area contributed by atoms with Crippen LogP contribution in [0.25, 0.3) is 34.2 Å². The Morgan fingerprint density at radius 2 is 1.81 bits per heavy atom. The third-order valence-corrected chi connectivity index (χ3v) is 4.25. The van der Waals surface area contributed by atoms with Gasteiger partial charge in [0, 0.05) is 11.1 Å². The number of aromatic amines is 1. The highest BCUT2D eigenvalue weighted by Crippen LogP contribution is 2.28. The molecule has 6 nitrogen and oxygen atoms in total. The predicted molar refractivity (Wildman–Crippen MR) is 98.8 cm³/mol. The van der Waals surface area contributed by atoms with Gasteiger partial charge in [-0.15, -0.1) is 0 Å². The number of hydrogen-bond acceptors (Lipinski definition) is 5. The third kappa shape index (κ3) is 2.97. The first-order chi connectivity index (χ1) is 12.6. The zero-order valence-electron chi connectivity index (χ0n) is 14.8. The maximum absolute atomic E-state index is 5.40. The Bertz CT molecular complexity index is 1050. The second-order valence-electron chi connectivity index (χ2n) is 6.14. The summed E-state index contributed by atoms with van der Waals surface area (Å²) in [6.45, 7) is 4.13. The van der Waals surface area contributed by atoms with Crippen LogP contribution in [-0.2, 0) is 0 Å². The van der Waals surface area contributed by atoms with Crippen molar-refractivity contribution in [3.63, 3.8) is 0 Å². The molecule has 0 saturated carbocycles. The number of aromatic nitrogens is 4. The second-order valence-corrected chi connectivity index (χ2v) is 6.14. The minimum Gasteiger partial charge on any atom is -0.497 e. The van der Waals surface area contributed by atoms with Crippen LogP contribution in [0.5, 0.6) is 5.75 Å². The van der Waals surface area contributed by atoms with Crippen molar-refractivity contribution < 1.29 is 9.26 Å². The zero-order valence-corrected chi connectivity index (χ0v) is 14.8. The Hall–Kier alpha value is -3.41. The molecule has 2 aromatic carbocycles. The van der Waals surface area contributed by atoms with Gasteiger partial charge in [0.05, 0.1) is 12.8 Å². The van der Waals surface area contributed by atoms with Crippen LogP contribution >= 0.6 is 0 Å². The van der Waals surface area contributed by atoms with E-state index >= 15 is 0 Å². The molecule has 130 valence electrons. The van der Waals surface area contributed by atoms with Crippen LogP contribution in [0.3, 0.4) is 0 Å². The van der Waals surface area contributed by atoms with Gasteiger partial charge in [0.15, 0.2) is 0 Å². The van der Waals surface area contributed by atoms with Crippen molar-refractivity contribution in [1.82, 2.24) is 20.3 Å². The van der Waals surface area contributed by atoms with Crippen LogP contribution in [0.1, 0.15) is 11.1 Å². The van der Waals surface area contributed by atoms with E-state index in [9.17, 15) is 0 Å². The lowest BCUT2D eigenvalue weighted by molar-refractivity contribution is 0.414. The fraction of sp³-hybridized carbons (Fsp3) is 0.150. The number of ether oxygens (including phenoxy) is 1. The van der Waals surface area contributed by atoms with Gasteiger partial charge in [0.1, 0.15) is 11.4 Å². The van der Waals surface area contributed by atoms with E-state index in [0.717, 1.165) is 28.1 Å². The molecule has 2 aromatic heterocycles. The molecule has 0 atom stereocenters. The molecular formula is C20H18N4O2. The molecule has 0 spiro atoms. The normalized spacial score (nSPS) is 10.9. The van der Waals surface area contributed by atoms with Crippen LogP contribution in [-0.4, -0.2) is 27.4 Å². The summed E-state index contributed by atoms with van der Waals surface area (Å²) in [5, 5.41) is 11.4. The van der Waals surface area contributed by atoms with E-state index in [0.29, 0.717) is 17.4 Å². The Morgan fingerprint density at radius 1 is 1.00 bits per heavy atom. The number of aryl methyl sites for hydroxylation is 2. The van der Waals surface area contributed by atoms with Crippen molar-refractivity contribution in [1.29, 1.82) is 0 Å². The van der Waals surface area contributed by atoms with Crippen molar-refractivity contribution in [3.8, 4) is 40.0 Å². The van der Waals surface area contributed by atoms with Gasteiger partial charge in [-0.05, 0) is 55.8 Å². The van der Waals surface area contributed by atoms with E-state index in [4.69, 9.17) is 9.26 Å². The number of rotatable bonds is 4. The minimum absolute atomic E-state index is 0.403. The van der Waals surface area contributed by atoms with Crippen molar-refractivity contribution in [2.24, 2.45) is 0 Å². The molecule has 6 heteroatoms. The van der Waals surface area contributed by atoms with Crippen molar-refractivity contribution in [3.05, 3.63) is 59.7 Å². The summed E-state index contributed by atoms with van der Waals surface area (Å²) in [5.41, 5.74) is 5.84. The average molecular weight is 346 g/mol. The van der Waals surface area contributed by atoms with Gasteiger partial charge in [0.2, 0.25) is 5.82 Å². The average Bonchev–Trinajstić information content (AvgIpc) is 3.33. The molecular weight excluding hydrogens is 328 g/mol. The van der Waals surface area contributed by atoms with Crippen molar-refractivity contribution in [2.45, 2.75) is 13.8 Å². The topological polar surface area (TPSA) is 76.8 Å². The number of methoxy groups -OCH3 is 1. The Labute approximate surface area is 150 Å². The zero-order chi connectivity index (χ0) is 18.1. The first kappa shape index (κ1) is 16.1. The first-order valence-corrected chi connectivity index (χ1v) is 8.25. The lowest BCUT2D eigenvalue weighted by Crippen LogP contribution is -1.84. The maximum Gasteiger partial charge on any atom is 0.276 e. The molecule has 0 amide bonds. The van der Waals surface area contributed by atoms with E-state index in [1.165, 1.54) is 5.56 Å². The van der Waals surface area contributed by atoms with Gasteiger partial charge >= 0.3 is 0 Å². The van der Waals surface area contributed by atoms with Crippen LogP contribution in [0, 0.1) is 13.8 Å². The molecule has 2 heterocycles. The van der Waals surface area contributed by atoms with E-state index in [2.05, 4.69) is 52.4 Å². The second kappa shape index (κ2) is 6.48. The molecule has 0 radical (unpaired) electrons. The first-order valence-electron chi connectivity index (χ1n) is 8.25. The molecule has 0 aliphatic carbocycles. The summed E-state index contributed by atoms with van der Waals surface area (Å²) in [6.07, 6.45) is 0. The molecule has 1 N–H and O–H groups in total. The number of nitrogens with zero attached hydrogens (tertiary/aromatic N) is 3. The van der Waals surface area contributed by atoms with Gasteiger partial charge in [0.25, 0.3) is 5.89 Å². The molecule has 0 aliphatic heterocycles. The molecule has 0 fully saturated rings. The Kier molecular flexibility index (Phi) is 4.01. The van der Waals surface area contributed by atoms with Gasteiger partial charge in [-0.1, -0.05) is 22.9 Å². The van der Waals surface area contributed by atoms with Crippen LogP contribution in [0.2, 0.25) is 0 Å². The van der Waals surface area contributed by atoms with Crippen LogP contribution in [0.15, 0.2) is 53.1 Å². The van der Waals surface area contributed by atoms with Crippen molar-refractivity contribution >= 4 is 0 Å². The standard InChI is InChI=1S/C20H18N4O2/c1-12-4-5-13(2)16(10-12)17-11-18(23-22-17)20-21-19(24-26-20)14-6-8-15(25-3)9-7-14/h4-11H,1-3H3,(H,22,23). The van der Waals surface area contributed by atoms with Gasteiger partial charge in [-0.25, -0.2) is 0 Å². The fourth-order valence-corrected chi connectivity index (χ4v) is 2.77. The smallest absolute Gasteiger partial charge is 0.276 e. The number of benzene rings is 2. The molecule has 26 heavy (non-hydrogen) atoms. The molecule has 0 aliphatic rings. The van der Waals surface area contributed by atoms with Gasteiger partial charge < -0.3 is 9.26 Å². The van der Waals surface area contributed by atoms with E-state index in [1.807, 2.05) is 30.3 Å². The number of H-pyrrole nitrogens is 1. The Morgan fingerprint density at radius 3 is 2.58 bits per heavy atom. The van der Waals surface area contributed by atoms with E-state index in [1.54, 1.807) is 7.11 Å². The summed E-state index contributed by atoms with van der Waals surface area (Å²) >= 11 is 0. The van der Waals surface area contributed by atoms with Crippen LogP contribution in [0.4, 0.5) is 0 Å². The van der Waals surface area contributed by atoms with Gasteiger partial charge in [-0.2, -0.15) is 10.1 Å². The Balaban J connectivity index is 1.64. The van der Waals surface area contributed by atoms with Crippen LogP contribution < -0.4 is 4.74 Å². The highest BCUT2D eigenvalue weighted by molar-refractivity contribution is 5.68. The highest BCUT2D eigenvalue weighted by Gasteiger charge is 2.15. The lowest BCUT2D eigenvalue weighted by Gasteiger charge is -2.02. The molecule has 4 aromatic rings. The summed E-state index contributed by atoms with van der Waals surface area (Å²) in [6, 6.07) is 15.7. The SMILES string of the molecule is COc1ccc(-c2noc(-c3cc(-c4cc(C)ccc4C)n[nH]3)n2)cc1. The molecule has 0 unspecified atom stereocenters. The molecule has 0 bridgehead atoms. The van der Waals surface area contributed by atoms with E-state index < -0.39 is 0 Å². The largest absolute Gasteiger partial charge is 0.497 e. The maximum atomic E-state index is 5.40. The summed E-state index contributed by atoms with van der Waals surface area (Å²) < 4.78 is 10.6. The van der Waals surface area contributed by atoms with E-state index in [-0.39, 0.29) is 0 Å². The summed E-state index contributed by atoms with van der Waals surface area (Å²) in [7, 11) is 1.63. The summed E-state index contributed by atoms with van der Waals surface area (Å²) in [4.78, 5) is 4.46. The highest BCUT2D eigenvalue weighted by atomic mass is 16.5. The predicted octanol–water partition coefficient (Wildman–Crippen LogP) is 4.42.